The summed E-state index contributed by atoms with van der Waals surface area (Å²) in [5, 5.41) is 29.0. The highest BCUT2D eigenvalue weighted by Crippen LogP contribution is 2.31. The highest BCUT2D eigenvalue weighted by atomic mass is 32.2. The molecular weight excluding hydrogens is 489 g/mol. The van der Waals surface area contributed by atoms with Crippen molar-refractivity contribution in [1.29, 1.82) is 0 Å². The van der Waals surface area contributed by atoms with Gasteiger partial charge in [-0.2, -0.15) is 24.9 Å². The summed E-state index contributed by atoms with van der Waals surface area (Å²) in [6.07, 6.45) is -5.05. The van der Waals surface area contributed by atoms with E-state index in [9.17, 15) is 28.4 Å². The molecule has 2 rings (SSSR count). The van der Waals surface area contributed by atoms with Crippen LogP contribution in [0.2, 0.25) is 0 Å². The fourth-order valence-corrected chi connectivity index (χ4v) is 5.20. The van der Waals surface area contributed by atoms with E-state index in [0.717, 1.165) is 30.6 Å². The topological polar surface area (TPSA) is 90.7 Å². The molecule has 0 amide bonds. The maximum absolute atomic E-state index is 12.9. The van der Waals surface area contributed by atoms with Gasteiger partial charge in [-0.15, -0.1) is 11.3 Å². The smallest absolute Gasteiger partial charge is 0.387 e. The molecule has 0 bridgehead atoms. The van der Waals surface area contributed by atoms with Crippen molar-refractivity contribution in [3.8, 4) is 0 Å². The van der Waals surface area contributed by atoms with Gasteiger partial charge in [0.2, 0.25) is 0 Å². The summed E-state index contributed by atoms with van der Waals surface area (Å²) in [5.41, 5.74) is 1.80. The first-order valence-corrected chi connectivity index (χ1v) is 12.5. The van der Waals surface area contributed by atoms with E-state index in [4.69, 9.17) is 0 Å². The van der Waals surface area contributed by atoms with Crippen LogP contribution in [0, 0.1) is 17.0 Å². The SMILES string of the molecule is Cc1csc(CSCCNC(=C[N+](=O)[O-])NCC(O)c2cccc(C(F)(F)F)c2)c1CN(C)C. The molecule has 0 aliphatic carbocycles. The molecule has 1 aromatic carbocycles. The number of hydrogen-bond donors (Lipinski definition) is 3. The molecule has 12 heteroatoms. The van der Waals surface area contributed by atoms with Crippen molar-refractivity contribution in [2.45, 2.75) is 31.5 Å². The van der Waals surface area contributed by atoms with E-state index < -0.39 is 22.8 Å². The van der Waals surface area contributed by atoms with Crippen LogP contribution in [0.5, 0.6) is 0 Å². The van der Waals surface area contributed by atoms with E-state index in [1.165, 1.54) is 28.1 Å². The molecule has 0 saturated carbocycles. The zero-order chi connectivity index (χ0) is 25.3. The van der Waals surface area contributed by atoms with Crippen molar-refractivity contribution in [2.75, 3.05) is 32.9 Å². The molecule has 3 N–H and O–H groups in total. The molecule has 7 nitrogen and oxygen atoms in total. The van der Waals surface area contributed by atoms with Gasteiger partial charge in [-0.25, -0.2) is 0 Å². The summed E-state index contributed by atoms with van der Waals surface area (Å²) in [6, 6.07) is 4.37. The summed E-state index contributed by atoms with van der Waals surface area (Å²) in [6.45, 7) is 3.21. The van der Waals surface area contributed by atoms with Crippen LogP contribution in [-0.4, -0.2) is 47.9 Å². The average Bonchev–Trinajstić information content (AvgIpc) is 3.09. The number of aliphatic hydroxyl groups excluding tert-OH is 1. The van der Waals surface area contributed by atoms with Crippen LogP contribution in [0.15, 0.2) is 41.7 Å². The van der Waals surface area contributed by atoms with Gasteiger partial charge in [0.1, 0.15) is 0 Å². The maximum Gasteiger partial charge on any atom is 0.416 e. The first-order valence-electron chi connectivity index (χ1n) is 10.4. The Balaban J connectivity index is 1.85. The molecule has 0 radical (unpaired) electrons. The third kappa shape index (κ3) is 9.16. The molecule has 1 atom stereocenters. The summed E-state index contributed by atoms with van der Waals surface area (Å²) in [7, 11) is 4.05. The molecular formula is C22H29F3N4O3S2. The number of aliphatic hydroxyl groups is 1. The van der Waals surface area contributed by atoms with Gasteiger partial charge in [0.05, 0.1) is 16.6 Å². The van der Waals surface area contributed by atoms with Crippen molar-refractivity contribution < 1.29 is 23.2 Å². The monoisotopic (exact) mass is 518 g/mol. The van der Waals surface area contributed by atoms with E-state index in [1.54, 1.807) is 23.1 Å². The number of rotatable bonds is 13. The minimum absolute atomic E-state index is 0.0677. The Morgan fingerprint density at radius 1 is 1.35 bits per heavy atom. The van der Waals surface area contributed by atoms with E-state index in [1.807, 2.05) is 14.1 Å². The van der Waals surface area contributed by atoms with Crippen molar-refractivity contribution in [3.63, 3.8) is 0 Å². The average molecular weight is 519 g/mol. The van der Waals surface area contributed by atoms with Crippen molar-refractivity contribution in [1.82, 2.24) is 15.5 Å². The second kappa shape index (κ2) is 13.0. The number of nitrogens with one attached hydrogen (secondary N) is 2. The third-order valence-electron chi connectivity index (χ3n) is 4.78. The molecule has 0 aliphatic rings. The predicted octanol–water partition coefficient (Wildman–Crippen LogP) is 4.36. The highest BCUT2D eigenvalue weighted by Gasteiger charge is 2.30. The number of nitrogens with zero attached hydrogens (tertiary/aromatic N) is 2. The minimum Gasteiger partial charge on any atom is -0.387 e. The van der Waals surface area contributed by atoms with Gasteiger partial charge >= 0.3 is 6.18 Å². The summed E-state index contributed by atoms with van der Waals surface area (Å²) in [5.74, 6) is 1.60. The second-order valence-corrected chi connectivity index (χ2v) is 9.96. The molecule has 0 spiro atoms. The van der Waals surface area contributed by atoms with Crippen LogP contribution >= 0.6 is 23.1 Å². The van der Waals surface area contributed by atoms with Crippen molar-refractivity contribution in [2.24, 2.45) is 0 Å². The van der Waals surface area contributed by atoms with E-state index >= 15 is 0 Å². The number of halogens is 3. The molecule has 2 aromatic rings. The minimum atomic E-state index is -4.52. The third-order valence-corrected chi connectivity index (χ3v) is 7.09. The molecule has 0 fully saturated rings. The molecule has 1 aromatic heterocycles. The number of nitro groups is 1. The fraction of sp³-hybridized carbons (Fsp3) is 0.455. The Morgan fingerprint density at radius 2 is 2.09 bits per heavy atom. The normalized spacial score (nSPS) is 13.2. The van der Waals surface area contributed by atoms with Crippen LogP contribution < -0.4 is 10.6 Å². The van der Waals surface area contributed by atoms with Gasteiger partial charge in [-0.05, 0) is 55.2 Å². The van der Waals surface area contributed by atoms with Crippen LogP contribution in [0.25, 0.3) is 0 Å². The Hall–Kier alpha value is -2.28. The molecule has 0 saturated heterocycles. The number of alkyl halides is 3. The van der Waals surface area contributed by atoms with Gasteiger partial charge in [-0.1, -0.05) is 12.1 Å². The number of hydrogen-bond acceptors (Lipinski definition) is 8. The van der Waals surface area contributed by atoms with Crippen LogP contribution in [-0.2, 0) is 18.5 Å². The number of benzene rings is 1. The quantitative estimate of drug-likeness (QED) is 0.206. The lowest BCUT2D eigenvalue weighted by Gasteiger charge is -2.17. The molecule has 188 valence electrons. The van der Waals surface area contributed by atoms with Crippen molar-refractivity contribution in [3.05, 3.63) is 78.9 Å². The van der Waals surface area contributed by atoms with Crippen LogP contribution in [0.4, 0.5) is 13.2 Å². The van der Waals surface area contributed by atoms with E-state index in [-0.39, 0.29) is 17.9 Å². The zero-order valence-electron chi connectivity index (χ0n) is 19.2. The largest absolute Gasteiger partial charge is 0.416 e. The lowest BCUT2D eigenvalue weighted by Crippen LogP contribution is -2.32. The van der Waals surface area contributed by atoms with Gasteiger partial charge in [0.25, 0.3) is 6.20 Å². The fourth-order valence-electron chi connectivity index (χ4n) is 3.10. The van der Waals surface area contributed by atoms with Gasteiger partial charge in [0, 0.05) is 36.0 Å². The van der Waals surface area contributed by atoms with Crippen LogP contribution in [0.1, 0.15) is 33.2 Å². The molecule has 34 heavy (non-hydrogen) atoms. The molecule has 1 unspecified atom stereocenters. The predicted molar refractivity (Wildman–Crippen MR) is 130 cm³/mol. The Bertz CT molecular complexity index is 981. The Morgan fingerprint density at radius 3 is 2.74 bits per heavy atom. The van der Waals surface area contributed by atoms with E-state index in [2.05, 4.69) is 27.8 Å². The second-order valence-electron chi connectivity index (χ2n) is 7.89. The molecule has 0 aliphatic heterocycles. The van der Waals surface area contributed by atoms with Gasteiger partial charge in [-0.3, -0.25) is 10.1 Å². The number of thioether (sulfide) groups is 1. The summed E-state index contributed by atoms with van der Waals surface area (Å²) in [4.78, 5) is 13.7. The Labute approximate surface area is 205 Å². The molecule has 1 heterocycles. The Kier molecular flexibility index (Phi) is 10.7. The maximum atomic E-state index is 12.9. The summed E-state index contributed by atoms with van der Waals surface area (Å²) < 4.78 is 38.7. The first kappa shape index (κ1) is 28.0. The summed E-state index contributed by atoms with van der Waals surface area (Å²) >= 11 is 3.42. The van der Waals surface area contributed by atoms with Crippen molar-refractivity contribution >= 4 is 23.1 Å². The first-order chi connectivity index (χ1) is 16.0. The number of aryl methyl sites for hydroxylation is 1. The highest BCUT2D eigenvalue weighted by molar-refractivity contribution is 7.98. The van der Waals surface area contributed by atoms with Gasteiger partial charge in [0.15, 0.2) is 5.82 Å². The van der Waals surface area contributed by atoms with E-state index in [0.29, 0.717) is 12.3 Å². The number of thiophene rings is 1. The standard InChI is InChI=1S/C22H29F3N4O3S2/c1-15-13-34-20(18(15)11-28(2)3)14-33-8-7-26-21(12-29(31)32)27-10-19(30)16-5-4-6-17(9-16)22(23,24)25/h4-6,9,12-13,19,26-27,30H,7-8,10-11,14H2,1-3H3. The van der Waals surface area contributed by atoms with Gasteiger partial charge < -0.3 is 20.6 Å². The lowest BCUT2D eigenvalue weighted by molar-refractivity contribution is -0.404. The van der Waals surface area contributed by atoms with Crippen LogP contribution in [0.3, 0.4) is 0 Å². The zero-order valence-corrected chi connectivity index (χ0v) is 20.8. The lowest BCUT2D eigenvalue weighted by atomic mass is 10.1.